The largest absolute Gasteiger partial charge is 0.488 e. The molecule has 0 amide bonds. The van der Waals surface area contributed by atoms with Gasteiger partial charge in [-0.15, -0.1) is 0 Å². The Hall–Kier alpha value is -3.68. The van der Waals surface area contributed by atoms with Crippen molar-refractivity contribution in [2.45, 2.75) is 6.18 Å². The quantitative estimate of drug-likeness (QED) is 0.312. The van der Waals surface area contributed by atoms with E-state index in [1.807, 2.05) is 0 Å². The lowest BCUT2D eigenvalue weighted by Gasteiger charge is -2.14. The Balaban J connectivity index is 1.63. The standard InChI is InChI=1S/C22H19F3N2O3/c23-22(24,25)15-6-5-7-16(14-15)27-19-10-3-1-8-17(19)21(28)30-13-12-29-20-11-4-2-9-18(20)26/h1-11,14,27H,12-13,26H2. The number of ether oxygens (including phenoxy) is 2. The van der Waals surface area contributed by atoms with E-state index in [9.17, 15) is 18.0 Å². The van der Waals surface area contributed by atoms with Gasteiger partial charge < -0.3 is 20.5 Å². The van der Waals surface area contributed by atoms with Crippen LogP contribution in [0.25, 0.3) is 0 Å². The lowest BCUT2D eigenvalue weighted by Crippen LogP contribution is -2.14. The number of alkyl halides is 3. The molecule has 0 atom stereocenters. The molecule has 0 bridgehead atoms. The van der Waals surface area contributed by atoms with Gasteiger partial charge >= 0.3 is 12.1 Å². The lowest BCUT2D eigenvalue weighted by molar-refractivity contribution is -0.137. The molecule has 0 heterocycles. The molecule has 3 aromatic carbocycles. The average molecular weight is 416 g/mol. The minimum Gasteiger partial charge on any atom is -0.488 e. The van der Waals surface area contributed by atoms with Crippen molar-refractivity contribution in [3.05, 3.63) is 83.9 Å². The molecule has 0 spiro atoms. The highest BCUT2D eigenvalue weighted by atomic mass is 19.4. The summed E-state index contributed by atoms with van der Waals surface area (Å²) in [6.45, 7) is 0.0776. The minimum absolute atomic E-state index is 0.0228. The van der Waals surface area contributed by atoms with Gasteiger partial charge in [0.2, 0.25) is 0 Å². The van der Waals surface area contributed by atoms with E-state index in [-0.39, 0.29) is 24.5 Å². The van der Waals surface area contributed by atoms with Crippen molar-refractivity contribution < 1.29 is 27.4 Å². The molecule has 0 fully saturated rings. The third-order valence-corrected chi connectivity index (χ3v) is 4.11. The number of para-hydroxylation sites is 3. The molecule has 30 heavy (non-hydrogen) atoms. The Bertz CT molecular complexity index is 1020. The average Bonchev–Trinajstić information content (AvgIpc) is 2.72. The van der Waals surface area contributed by atoms with Gasteiger partial charge in [0.1, 0.15) is 19.0 Å². The maximum Gasteiger partial charge on any atom is 0.416 e. The number of nitrogens with two attached hydrogens (primary N) is 1. The second-order valence-corrected chi connectivity index (χ2v) is 6.27. The van der Waals surface area contributed by atoms with Gasteiger partial charge in [-0.3, -0.25) is 0 Å². The number of hydrogen-bond acceptors (Lipinski definition) is 5. The first-order chi connectivity index (χ1) is 14.3. The molecule has 0 aliphatic heterocycles. The van der Waals surface area contributed by atoms with Gasteiger partial charge in [-0.05, 0) is 42.5 Å². The van der Waals surface area contributed by atoms with Crippen molar-refractivity contribution >= 4 is 23.0 Å². The first kappa shape index (κ1) is 21.0. The molecule has 0 aliphatic carbocycles. The van der Waals surface area contributed by atoms with E-state index >= 15 is 0 Å². The van der Waals surface area contributed by atoms with Crippen molar-refractivity contribution in [3.8, 4) is 5.75 Å². The summed E-state index contributed by atoms with van der Waals surface area (Å²) in [6.07, 6.45) is -4.46. The van der Waals surface area contributed by atoms with Crippen molar-refractivity contribution in [1.29, 1.82) is 0 Å². The number of nitrogen functional groups attached to an aromatic ring is 1. The van der Waals surface area contributed by atoms with Crippen molar-refractivity contribution in [1.82, 2.24) is 0 Å². The van der Waals surface area contributed by atoms with Gasteiger partial charge in [-0.2, -0.15) is 13.2 Å². The molecule has 3 aromatic rings. The van der Waals surface area contributed by atoms with E-state index in [1.165, 1.54) is 18.2 Å². The highest BCUT2D eigenvalue weighted by Crippen LogP contribution is 2.32. The van der Waals surface area contributed by atoms with Crippen LogP contribution in [0.5, 0.6) is 5.75 Å². The predicted octanol–water partition coefficient (Wildman–Crippen LogP) is 5.27. The van der Waals surface area contributed by atoms with Crippen LogP contribution in [0.3, 0.4) is 0 Å². The highest BCUT2D eigenvalue weighted by molar-refractivity contribution is 5.96. The van der Waals surface area contributed by atoms with Gasteiger partial charge in [-0.1, -0.05) is 30.3 Å². The summed E-state index contributed by atoms with van der Waals surface area (Å²) in [7, 11) is 0. The molecule has 0 unspecified atom stereocenters. The smallest absolute Gasteiger partial charge is 0.416 e. The molecule has 156 valence electrons. The highest BCUT2D eigenvalue weighted by Gasteiger charge is 2.30. The predicted molar refractivity (Wildman–Crippen MR) is 108 cm³/mol. The molecule has 5 nitrogen and oxygen atoms in total. The summed E-state index contributed by atoms with van der Waals surface area (Å²) in [6, 6.07) is 18.1. The fourth-order valence-corrected chi connectivity index (χ4v) is 2.67. The van der Waals surface area contributed by atoms with E-state index in [2.05, 4.69) is 5.32 Å². The van der Waals surface area contributed by atoms with E-state index in [1.54, 1.807) is 42.5 Å². The summed E-state index contributed by atoms with van der Waals surface area (Å²) in [5.41, 5.74) is 6.18. The Morgan fingerprint density at radius 2 is 1.67 bits per heavy atom. The number of carbonyl (C=O) groups is 1. The van der Waals surface area contributed by atoms with E-state index in [4.69, 9.17) is 15.2 Å². The van der Waals surface area contributed by atoms with Crippen molar-refractivity contribution in [2.75, 3.05) is 24.3 Å². The third kappa shape index (κ3) is 5.44. The van der Waals surface area contributed by atoms with Crippen LogP contribution in [0.4, 0.5) is 30.2 Å². The SMILES string of the molecule is Nc1ccccc1OCCOC(=O)c1ccccc1Nc1cccc(C(F)(F)F)c1. The van der Waals surface area contributed by atoms with Crippen LogP contribution in [0.1, 0.15) is 15.9 Å². The van der Waals surface area contributed by atoms with E-state index < -0.39 is 17.7 Å². The van der Waals surface area contributed by atoms with Gasteiger partial charge in [0.15, 0.2) is 0 Å². The summed E-state index contributed by atoms with van der Waals surface area (Å²) >= 11 is 0. The topological polar surface area (TPSA) is 73.6 Å². The van der Waals surface area contributed by atoms with E-state index in [0.717, 1.165) is 12.1 Å². The molecule has 0 saturated carbocycles. The second-order valence-electron chi connectivity index (χ2n) is 6.27. The Morgan fingerprint density at radius 1 is 0.933 bits per heavy atom. The molecule has 3 N–H and O–H groups in total. The van der Waals surface area contributed by atoms with Crippen LogP contribution >= 0.6 is 0 Å². The fraction of sp³-hybridized carbons (Fsp3) is 0.136. The molecule has 0 aliphatic rings. The number of benzene rings is 3. The van der Waals surface area contributed by atoms with Crippen LogP contribution < -0.4 is 15.8 Å². The van der Waals surface area contributed by atoms with Gasteiger partial charge in [0, 0.05) is 5.69 Å². The van der Waals surface area contributed by atoms with Crippen LogP contribution in [0.2, 0.25) is 0 Å². The molecular formula is C22H19F3N2O3. The Kier molecular flexibility index (Phi) is 6.46. The van der Waals surface area contributed by atoms with Crippen LogP contribution in [0.15, 0.2) is 72.8 Å². The zero-order valence-electron chi connectivity index (χ0n) is 15.8. The normalized spacial score (nSPS) is 11.0. The number of rotatable bonds is 7. The summed E-state index contributed by atoms with van der Waals surface area (Å²) in [5.74, 6) is -0.144. The zero-order valence-corrected chi connectivity index (χ0v) is 15.8. The molecule has 3 rings (SSSR count). The first-order valence-corrected chi connectivity index (χ1v) is 9.02. The number of nitrogens with one attached hydrogen (secondary N) is 1. The lowest BCUT2D eigenvalue weighted by atomic mass is 10.1. The molecular weight excluding hydrogens is 397 g/mol. The van der Waals surface area contributed by atoms with Gasteiger partial charge in [0.05, 0.1) is 22.5 Å². The summed E-state index contributed by atoms with van der Waals surface area (Å²) in [4.78, 5) is 12.4. The summed E-state index contributed by atoms with van der Waals surface area (Å²) < 4.78 is 49.4. The molecule has 0 aromatic heterocycles. The van der Waals surface area contributed by atoms with Gasteiger partial charge in [0.25, 0.3) is 0 Å². The molecule has 0 saturated heterocycles. The number of esters is 1. The Morgan fingerprint density at radius 3 is 2.43 bits per heavy atom. The maximum absolute atomic E-state index is 12.9. The Labute approximate surface area is 171 Å². The van der Waals surface area contributed by atoms with Gasteiger partial charge in [-0.25, -0.2) is 4.79 Å². The first-order valence-electron chi connectivity index (χ1n) is 9.02. The zero-order chi connectivity index (χ0) is 21.6. The third-order valence-electron chi connectivity index (χ3n) is 4.11. The monoisotopic (exact) mass is 416 g/mol. The fourth-order valence-electron chi connectivity index (χ4n) is 2.67. The minimum atomic E-state index is -4.46. The van der Waals surface area contributed by atoms with Crippen molar-refractivity contribution in [3.63, 3.8) is 0 Å². The van der Waals surface area contributed by atoms with Crippen LogP contribution in [-0.2, 0) is 10.9 Å². The number of anilines is 3. The number of carbonyl (C=O) groups excluding carboxylic acids is 1. The van der Waals surface area contributed by atoms with E-state index in [0.29, 0.717) is 17.1 Å². The number of hydrogen-bond donors (Lipinski definition) is 2. The summed E-state index contributed by atoms with van der Waals surface area (Å²) in [5, 5.41) is 2.84. The molecule has 0 radical (unpaired) electrons. The second kappa shape index (κ2) is 9.21. The maximum atomic E-state index is 12.9. The molecule has 8 heteroatoms. The van der Waals surface area contributed by atoms with Crippen LogP contribution in [0, 0.1) is 0 Å². The van der Waals surface area contributed by atoms with Crippen LogP contribution in [-0.4, -0.2) is 19.2 Å². The van der Waals surface area contributed by atoms with Crippen molar-refractivity contribution in [2.24, 2.45) is 0 Å². The number of halogens is 3.